The van der Waals surface area contributed by atoms with Crippen molar-refractivity contribution < 1.29 is 9.84 Å². The second kappa shape index (κ2) is 4.66. The molecule has 2 nitrogen and oxygen atoms in total. The predicted molar refractivity (Wildman–Crippen MR) is 50.9 cm³/mol. The molecule has 0 saturated carbocycles. The third-order valence-corrected chi connectivity index (χ3v) is 1.74. The van der Waals surface area contributed by atoms with E-state index in [9.17, 15) is 5.11 Å². The highest BCUT2D eigenvalue weighted by atomic mass is 16.5. The SMILES string of the molecule is C#CC(O)c1cccc(COC)c1. The number of aliphatic hydroxyl groups excluding tert-OH is 1. The van der Waals surface area contributed by atoms with Crippen LogP contribution < -0.4 is 0 Å². The summed E-state index contributed by atoms with van der Waals surface area (Å²) in [6, 6.07) is 7.41. The van der Waals surface area contributed by atoms with Gasteiger partial charge in [-0.3, -0.25) is 0 Å². The van der Waals surface area contributed by atoms with Crippen molar-refractivity contribution in [1.29, 1.82) is 0 Å². The van der Waals surface area contributed by atoms with Crippen molar-refractivity contribution in [1.82, 2.24) is 0 Å². The Morgan fingerprint density at radius 2 is 2.38 bits per heavy atom. The monoisotopic (exact) mass is 176 g/mol. The highest BCUT2D eigenvalue weighted by Crippen LogP contribution is 2.13. The van der Waals surface area contributed by atoms with Gasteiger partial charge in [0.25, 0.3) is 0 Å². The van der Waals surface area contributed by atoms with Gasteiger partial charge in [0.15, 0.2) is 0 Å². The molecule has 1 rings (SSSR count). The average Bonchev–Trinajstić information content (AvgIpc) is 2.18. The molecule has 0 saturated heterocycles. The van der Waals surface area contributed by atoms with Gasteiger partial charge in [-0.25, -0.2) is 0 Å². The molecule has 0 bridgehead atoms. The quantitative estimate of drug-likeness (QED) is 0.707. The minimum absolute atomic E-state index is 0.533. The van der Waals surface area contributed by atoms with Gasteiger partial charge in [-0.1, -0.05) is 24.1 Å². The molecule has 0 aliphatic rings. The molecule has 1 aromatic carbocycles. The summed E-state index contributed by atoms with van der Waals surface area (Å²) in [4.78, 5) is 0. The van der Waals surface area contributed by atoms with Crippen molar-refractivity contribution >= 4 is 0 Å². The molecule has 1 unspecified atom stereocenters. The zero-order valence-electron chi connectivity index (χ0n) is 7.53. The van der Waals surface area contributed by atoms with Crippen molar-refractivity contribution in [2.45, 2.75) is 12.7 Å². The maximum absolute atomic E-state index is 9.35. The Balaban J connectivity index is 2.86. The lowest BCUT2D eigenvalue weighted by molar-refractivity contribution is 0.184. The Kier molecular flexibility index (Phi) is 3.51. The smallest absolute Gasteiger partial charge is 0.139 e. The van der Waals surface area contributed by atoms with Gasteiger partial charge >= 0.3 is 0 Å². The standard InChI is InChI=1S/C11H12O2/c1-3-11(12)10-6-4-5-9(7-10)8-13-2/h1,4-7,11-12H,8H2,2H3. The molecule has 1 N–H and O–H groups in total. The fraction of sp³-hybridized carbons (Fsp3) is 0.273. The van der Waals surface area contributed by atoms with E-state index in [1.807, 2.05) is 18.2 Å². The first-order valence-electron chi connectivity index (χ1n) is 4.00. The average molecular weight is 176 g/mol. The lowest BCUT2D eigenvalue weighted by Gasteiger charge is -2.05. The maximum Gasteiger partial charge on any atom is 0.139 e. The Morgan fingerprint density at radius 1 is 1.62 bits per heavy atom. The van der Waals surface area contributed by atoms with Gasteiger partial charge in [-0.15, -0.1) is 6.42 Å². The Bertz CT molecular complexity index is 312. The van der Waals surface area contributed by atoms with Gasteiger partial charge in [-0.05, 0) is 17.2 Å². The number of benzene rings is 1. The van der Waals surface area contributed by atoms with Crippen LogP contribution >= 0.6 is 0 Å². The van der Waals surface area contributed by atoms with E-state index < -0.39 is 6.10 Å². The van der Waals surface area contributed by atoms with Crippen LogP contribution in [0.4, 0.5) is 0 Å². The van der Waals surface area contributed by atoms with E-state index in [-0.39, 0.29) is 0 Å². The van der Waals surface area contributed by atoms with Crippen LogP contribution in [0, 0.1) is 12.3 Å². The summed E-state index contributed by atoms with van der Waals surface area (Å²) >= 11 is 0. The third-order valence-electron chi connectivity index (χ3n) is 1.74. The summed E-state index contributed by atoms with van der Waals surface area (Å²) in [5.74, 6) is 2.27. The summed E-state index contributed by atoms with van der Waals surface area (Å²) in [5.41, 5.74) is 1.74. The first-order valence-corrected chi connectivity index (χ1v) is 4.00. The molecule has 0 heterocycles. The second-order valence-corrected chi connectivity index (χ2v) is 2.75. The molecule has 13 heavy (non-hydrogen) atoms. The molecular weight excluding hydrogens is 164 g/mol. The Labute approximate surface area is 78.2 Å². The molecule has 0 amide bonds. The molecule has 2 heteroatoms. The van der Waals surface area contributed by atoms with Gasteiger partial charge in [0.1, 0.15) is 6.10 Å². The van der Waals surface area contributed by atoms with Crippen LogP contribution in [0.3, 0.4) is 0 Å². The zero-order chi connectivity index (χ0) is 9.68. The highest BCUT2D eigenvalue weighted by Gasteiger charge is 2.03. The lowest BCUT2D eigenvalue weighted by Crippen LogP contribution is -1.95. The van der Waals surface area contributed by atoms with Crippen LogP contribution in [-0.2, 0) is 11.3 Å². The van der Waals surface area contributed by atoms with E-state index in [4.69, 9.17) is 11.2 Å². The number of methoxy groups -OCH3 is 1. The topological polar surface area (TPSA) is 29.5 Å². The van der Waals surface area contributed by atoms with Crippen molar-refractivity contribution in [3.05, 3.63) is 35.4 Å². The molecule has 0 aliphatic heterocycles. The van der Waals surface area contributed by atoms with Crippen molar-refractivity contribution in [2.75, 3.05) is 7.11 Å². The summed E-state index contributed by atoms with van der Waals surface area (Å²) in [6.07, 6.45) is 4.27. The second-order valence-electron chi connectivity index (χ2n) is 2.75. The summed E-state index contributed by atoms with van der Waals surface area (Å²) in [5, 5.41) is 9.35. The molecule has 0 aliphatic carbocycles. The summed E-state index contributed by atoms with van der Waals surface area (Å²) in [7, 11) is 1.63. The van der Waals surface area contributed by atoms with Crippen molar-refractivity contribution in [2.24, 2.45) is 0 Å². The predicted octanol–water partition coefficient (Wildman–Crippen LogP) is 1.50. The first-order chi connectivity index (χ1) is 6.27. The van der Waals surface area contributed by atoms with Gasteiger partial charge < -0.3 is 9.84 Å². The van der Waals surface area contributed by atoms with Crippen LogP contribution in [0.5, 0.6) is 0 Å². The van der Waals surface area contributed by atoms with Gasteiger partial charge in [0, 0.05) is 7.11 Å². The van der Waals surface area contributed by atoms with Crippen LogP contribution in [0.15, 0.2) is 24.3 Å². The number of hydrogen-bond acceptors (Lipinski definition) is 2. The molecule has 0 fully saturated rings. The van der Waals surface area contributed by atoms with Gasteiger partial charge in [0.2, 0.25) is 0 Å². The number of hydrogen-bond donors (Lipinski definition) is 1. The largest absolute Gasteiger partial charge is 0.380 e. The van der Waals surface area contributed by atoms with Crippen molar-refractivity contribution in [3.63, 3.8) is 0 Å². The van der Waals surface area contributed by atoms with E-state index >= 15 is 0 Å². The van der Waals surface area contributed by atoms with E-state index in [1.165, 1.54) is 0 Å². The molecule has 0 radical (unpaired) electrons. The van der Waals surface area contributed by atoms with E-state index in [2.05, 4.69) is 5.92 Å². The van der Waals surface area contributed by atoms with Crippen LogP contribution in [-0.4, -0.2) is 12.2 Å². The number of ether oxygens (including phenoxy) is 1. The molecular formula is C11H12O2. The minimum Gasteiger partial charge on any atom is -0.380 e. The fourth-order valence-corrected chi connectivity index (χ4v) is 1.12. The number of terminal acetylenes is 1. The first kappa shape index (κ1) is 9.79. The van der Waals surface area contributed by atoms with E-state index in [1.54, 1.807) is 13.2 Å². The molecule has 68 valence electrons. The summed E-state index contributed by atoms with van der Waals surface area (Å²) < 4.78 is 4.96. The number of rotatable bonds is 3. The van der Waals surface area contributed by atoms with Gasteiger partial charge in [0.05, 0.1) is 6.61 Å². The molecule has 0 spiro atoms. The normalized spacial score (nSPS) is 12.1. The zero-order valence-corrected chi connectivity index (χ0v) is 7.53. The third kappa shape index (κ3) is 2.59. The van der Waals surface area contributed by atoms with Gasteiger partial charge in [-0.2, -0.15) is 0 Å². The Hall–Kier alpha value is -1.30. The minimum atomic E-state index is -0.822. The van der Waals surface area contributed by atoms with Crippen molar-refractivity contribution in [3.8, 4) is 12.3 Å². The molecule has 1 atom stereocenters. The van der Waals surface area contributed by atoms with Crippen LogP contribution in [0.25, 0.3) is 0 Å². The van der Waals surface area contributed by atoms with E-state index in [0.717, 1.165) is 11.1 Å². The molecule has 1 aromatic rings. The molecule has 0 aromatic heterocycles. The van der Waals surface area contributed by atoms with E-state index in [0.29, 0.717) is 6.61 Å². The Morgan fingerprint density at radius 3 is 3.00 bits per heavy atom. The number of aliphatic hydroxyl groups is 1. The highest BCUT2D eigenvalue weighted by molar-refractivity contribution is 5.28. The fourth-order valence-electron chi connectivity index (χ4n) is 1.12. The summed E-state index contributed by atoms with van der Waals surface area (Å²) in [6.45, 7) is 0.533. The lowest BCUT2D eigenvalue weighted by atomic mass is 10.1. The van der Waals surface area contributed by atoms with Crippen LogP contribution in [0.2, 0.25) is 0 Å². The van der Waals surface area contributed by atoms with Crippen LogP contribution in [0.1, 0.15) is 17.2 Å². The maximum atomic E-state index is 9.35.